The number of hydrogen-bond donors (Lipinski definition) is 2. The fourth-order valence-electron chi connectivity index (χ4n) is 4.00. The third-order valence-corrected chi connectivity index (χ3v) is 7.67. The monoisotopic (exact) mass is 553 g/mol. The third kappa shape index (κ3) is 3.30. The van der Waals surface area contributed by atoms with E-state index in [1.54, 1.807) is 12.3 Å². The number of thiophene rings is 1. The van der Waals surface area contributed by atoms with Crippen LogP contribution >= 0.6 is 46.1 Å². The highest BCUT2D eigenvalue weighted by Crippen LogP contribution is 2.38. The van der Waals surface area contributed by atoms with E-state index in [1.165, 1.54) is 17.4 Å². The second-order valence-electron chi connectivity index (χ2n) is 7.36. The second kappa shape index (κ2) is 7.57. The number of nitrogens with zero attached hydrogens (tertiary/aromatic N) is 3. The second-order valence-corrected chi connectivity index (χ2v) is 9.99. The molecule has 2 aromatic heterocycles. The van der Waals surface area contributed by atoms with Gasteiger partial charge in [-0.3, -0.25) is 4.79 Å². The number of rotatable bonds is 3. The molecule has 2 fully saturated rings. The topological polar surface area (TPSA) is 60.5 Å². The number of carbonyl (C=O) groups excluding carboxylic acids is 1. The molecule has 154 valence electrons. The molecule has 1 amide bonds. The normalized spacial score (nSPS) is 20.6. The Labute approximate surface area is 195 Å². The highest BCUT2D eigenvalue weighted by Gasteiger charge is 2.44. The Morgan fingerprint density at radius 1 is 1.40 bits per heavy atom. The number of carbonyl (C=O) groups is 1. The van der Waals surface area contributed by atoms with E-state index in [9.17, 15) is 9.18 Å². The predicted molar refractivity (Wildman–Crippen MR) is 129 cm³/mol. The fourth-order valence-corrected chi connectivity index (χ4v) is 5.79. The van der Waals surface area contributed by atoms with Gasteiger partial charge in [0.2, 0.25) is 0 Å². The van der Waals surface area contributed by atoms with Gasteiger partial charge in [-0.2, -0.15) is 0 Å². The predicted octanol–water partition coefficient (Wildman–Crippen LogP) is 3.80. The van der Waals surface area contributed by atoms with Crippen LogP contribution in [0.15, 0.2) is 36.5 Å². The average molecular weight is 553 g/mol. The third-order valence-electron chi connectivity index (χ3n) is 5.56. The molecular weight excluding hydrogens is 536 g/mol. The Morgan fingerprint density at radius 3 is 3.00 bits per heavy atom. The molecule has 6 nitrogen and oxygen atoms in total. The smallest absolute Gasteiger partial charge is 0.257 e. The molecular formula is C20H17FIN5OS2. The van der Waals surface area contributed by atoms with Crippen LogP contribution in [0.25, 0.3) is 10.2 Å². The first-order valence-electron chi connectivity index (χ1n) is 9.34. The molecule has 30 heavy (non-hydrogen) atoms. The van der Waals surface area contributed by atoms with Gasteiger partial charge in [-0.15, -0.1) is 0 Å². The van der Waals surface area contributed by atoms with Crippen molar-refractivity contribution in [1.82, 2.24) is 20.1 Å². The molecule has 0 bridgehead atoms. The number of pyridine rings is 1. The van der Waals surface area contributed by atoms with E-state index in [2.05, 4.69) is 38.2 Å². The molecule has 0 aliphatic carbocycles. The molecule has 2 saturated heterocycles. The lowest BCUT2D eigenvalue weighted by atomic mass is 10.1. The van der Waals surface area contributed by atoms with E-state index >= 15 is 0 Å². The maximum absolute atomic E-state index is 14.5. The summed E-state index contributed by atoms with van der Waals surface area (Å²) in [5, 5.41) is 8.52. The Morgan fingerprint density at radius 2 is 2.23 bits per heavy atom. The van der Waals surface area contributed by atoms with Gasteiger partial charge in [0.25, 0.3) is 5.91 Å². The number of aromatic nitrogens is 1. The number of nitrogens with one attached hydrogen (secondary N) is 2. The lowest BCUT2D eigenvalue weighted by molar-refractivity contribution is 0.0786. The van der Waals surface area contributed by atoms with Gasteiger partial charge < -0.3 is 20.4 Å². The van der Waals surface area contributed by atoms with E-state index in [4.69, 9.17) is 12.2 Å². The van der Waals surface area contributed by atoms with Crippen molar-refractivity contribution in [3.05, 3.63) is 51.5 Å². The zero-order valence-electron chi connectivity index (χ0n) is 15.9. The molecule has 10 heteroatoms. The van der Waals surface area contributed by atoms with E-state index in [0.717, 1.165) is 18.9 Å². The molecule has 1 aromatic carbocycles. The molecule has 3 aromatic rings. The van der Waals surface area contributed by atoms with Gasteiger partial charge in [-0.25, -0.2) is 9.37 Å². The standard InChI is InChI=1S/C20H17FIN5OS2/c1-26-15-9-27(8-14(15)25-20(26)29)19(28)16-11-3-2-6-23-17(11)30-18(16)24-13-5-4-10(22)7-12(13)21/h2-7,14-15,24H,8-9H2,1H3,(H,25,29)/t14-,15+/m0/s1. The molecule has 0 unspecified atom stereocenters. The van der Waals surface area contributed by atoms with Crippen molar-refractivity contribution in [2.45, 2.75) is 12.1 Å². The summed E-state index contributed by atoms with van der Waals surface area (Å²) in [6.07, 6.45) is 1.70. The number of fused-ring (bicyclic) bond motifs is 2. The molecule has 2 aliphatic rings. The minimum absolute atomic E-state index is 0.0850. The molecule has 0 spiro atoms. The van der Waals surface area contributed by atoms with Gasteiger partial charge in [0.15, 0.2) is 5.11 Å². The zero-order valence-corrected chi connectivity index (χ0v) is 19.6. The van der Waals surface area contributed by atoms with Crippen molar-refractivity contribution in [2.75, 3.05) is 25.5 Å². The number of likely N-dealkylation sites (tertiary alicyclic amines) is 1. The number of hydrogen-bond acceptors (Lipinski definition) is 5. The van der Waals surface area contributed by atoms with Crippen molar-refractivity contribution in [3.63, 3.8) is 0 Å². The molecule has 2 atom stereocenters. The molecule has 5 rings (SSSR count). The lowest BCUT2D eigenvalue weighted by Crippen LogP contribution is -2.38. The Bertz CT molecular complexity index is 1190. The number of benzene rings is 1. The van der Waals surface area contributed by atoms with E-state index in [1.807, 2.05) is 35.0 Å². The summed E-state index contributed by atoms with van der Waals surface area (Å²) >= 11 is 8.74. The maximum atomic E-state index is 14.5. The largest absolute Gasteiger partial charge is 0.356 e. The van der Waals surface area contributed by atoms with Crippen LogP contribution in [0.4, 0.5) is 15.1 Å². The summed E-state index contributed by atoms with van der Waals surface area (Å²) < 4.78 is 15.3. The van der Waals surface area contributed by atoms with Crippen LogP contribution in [-0.2, 0) is 0 Å². The maximum Gasteiger partial charge on any atom is 0.257 e. The highest BCUT2D eigenvalue weighted by atomic mass is 127. The number of likely N-dealkylation sites (N-methyl/N-ethyl adjacent to an activating group) is 1. The summed E-state index contributed by atoms with van der Waals surface area (Å²) in [6.45, 7) is 1.16. The quantitative estimate of drug-likeness (QED) is 0.381. The first-order valence-corrected chi connectivity index (χ1v) is 11.6. The molecule has 0 radical (unpaired) electrons. The summed E-state index contributed by atoms with van der Waals surface area (Å²) in [5.74, 6) is -0.445. The van der Waals surface area contributed by atoms with Crippen LogP contribution in [0.1, 0.15) is 10.4 Å². The Kier molecular flexibility index (Phi) is 5.02. The summed E-state index contributed by atoms with van der Waals surface area (Å²) in [4.78, 5) is 22.6. The van der Waals surface area contributed by atoms with Crippen molar-refractivity contribution in [1.29, 1.82) is 0 Å². The van der Waals surface area contributed by atoms with Crippen LogP contribution < -0.4 is 10.6 Å². The van der Waals surface area contributed by atoms with Gasteiger partial charge in [0.1, 0.15) is 15.6 Å². The van der Waals surface area contributed by atoms with Crippen molar-refractivity contribution < 1.29 is 9.18 Å². The minimum Gasteiger partial charge on any atom is -0.356 e. The molecule has 4 heterocycles. The van der Waals surface area contributed by atoms with Gasteiger partial charge in [0.05, 0.1) is 23.3 Å². The molecule has 2 N–H and O–H groups in total. The minimum atomic E-state index is -0.360. The zero-order chi connectivity index (χ0) is 21.0. The summed E-state index contributed by atoms with van der Waals surface area (Å²) in [7, 11) is 1.95. The number of amides is 1. The Balaban J connectivity index is 1.51. The van der Waals surface area contributed by atoms with Crippen molar-refractivity contribution in [2.24, 2.45) is 0 Å². The number of anilines is 2. The molecule has 0 saturated carbocycles. The van der Waals surface area contributed by atoms with Crippen LogP contribution in [-0.4, -0.2) is 58.0 Å². The van der Waals surface area contributed by atoms with Gasteiger partial charge in [-0.1, -0.05) is 11.3 Å². The van der Waals surface area contributed by atoms with Crippen LogP contribution in [0.5, 0.6) is 0 Å². The van der Waals surface area contributed by atoms with Crippen molar-refractivity contribution >= 4 is 78.1 Å². The van der Waals surface area contributed by atoms with E-state index in [0.29, 0.717) is 29.3 Å². The number of thiocarbonyl (C=S) groups is 1. The highest BCUT2D eigenvalue weighted by molar-refractivity contribution is 14.1. The van der Waals surface area contributed by atoms with Gasteiger partial charge in [0, 0.05) is 35.3 Å². The summed E-state index contributed by atoms with van der Waals surface area (Å²) in [6, 6.07) is 8.95. The van der Waals surface area contributed by atoms with E-state index < -0.39 is 0 Å². The van der Waals surface area contributed by atoms with Crippen LogP contribution in [0.3, 0.4) is 0 Å². The first-order chi connectivity index (χ1) is 14.4. The first kappa shape index (κ1) is 19.9. The average Bonchev–Trinajstić information content (AvgIpc) is 3.36. The van der Waals surface area contributed by atoms with Crippen molar-refractivity contribution in [3.8, 4) is 0 Å². The van der Waals surface area contributed by atoms with Crippen LogP contribution in [0.2, 0.25) is 0 Å². The van der Waals surface area contributed by atoms with Gasteiger partial charge >= 0.3 is 0 Å². The molecule has 2 aliphatic heterocycles. The summed E-state index contributed by atoms with van der Waals surface area (Å²) in [5.41, 5.74) is 0.868. The lowest BCUT2D eigenvalue weighted by Gasteiger charge is -2.22. The SMILES string of the molecule is CN1C(=S)N[C@H]2CN(C(=O)c3c(Nc4ccc(I)cc4F)sc4ncccc34)C[C@H]21. The van der Waals surface area contributed by atoms with Gasteiger partial charge in [-0.05, 0) is 65.1 Å². The van der Waals surface area contributed by atoms with Crippen LogP contribution in [0, 0.1) is 9.39 Å². The van der Waals surface area contributed by atoms with E-state index in [-0.39, 0.29) is 23.8 Å². The Hall–Kier alpha value is -2.05. The fraction of sp³-hybridized carbons (Fsp3) is 0.250. The number of halogens is 2.